The molecular weight excluding hydrogens is 254 g/mol. The van der Waals surface area contributed by atoms with Crippen molar-refractivity contribution in [2.75, 3.05) is 18.9 Å². The largest absolute Gasteiger partial charge is 0.492 e. The van der Waals surface area contributed by atoms with E-state index in [9.17, 15) is 4.79 Å². The molecule has 1 amide bonds. The Hall–Kier alpha value is -2.56. The number of hydrogen-bond donors (Lipinski definition) is 2. The molecule has 0 saturated carbocycles. The van der Waals surface area contributed by atoms with E-state index in [2.05, 4.69) is 10.3 Å². The third-order valence-corrected chi connectivity index (χ3v) is 2.64. The van der Waals surface area contributed by atoms with E-state index in [1.165, 1.54) is 0 Å². The molecule has 0 aliphatic carbocycles. The maximum absolute atomic E-state index is 11.6. The van der Waals surface area contributed by atoms with Crippen LogP contribution in [0.15, 0.2) is 48.7 Å². The highest BCUT2D eigenvalue weighted by Gasteiger charge is 2.03. The summed E-state index contributed by atoms with van der Waals surface area (Å²) in [7, 11) is 0. The molecule has 3 N–H and O–H groups in total. The first-order valence-electron chi connectivity index (χ1n) is 6.39. The van der Waals surface area contributed by atoms with E-state index in [0.29, 0.717) is 18.8 Å². The summed E-state index contributed by atoms with van der Waals surface area (Å²) < 4.78 is 5.48. The zero-order valence-corrected chi connectivity index (χ0v) is 11.1. The summed E-state index contributed by atoms with van der Waals surface area (Å²) in [6.07, 6.45) is 1.95. The van der Waals surface area contributed by atoms with Gasteiger partial charge in [-0.05, 0) is 36.4 Å². The maximum atomic E-state index is 11.6. The van der Waals surface area contributed by atoms with Crippen LogP contribution >= 0.6 is 0 Å². The predicted octanol–water partition coefficient (Wildman–Crippen LogP) is 1.40. The van der Waals surface area contributed by atoms with E-state index in [-0.39, 0.29) is 12.3 Å². The monoisotopic (exact) mass is 271 g/mol. The SMILES string of the molecule is Nc1ccc(OCCNC(=O)Cc2ccccn2)cc1. The number of nitrogens with zero attached hydrogens (tertiary/aromatic N) is 1. The molecule has 0 aliphatic rings. The molecule has 0 bridgehead atoms. The van der Waals surface area contributed by atoms with Gasteiger partial charge < -0.3 is 15.8 Å². The maximum Gasteiger partial charge on any atom is 0.226 e. The minimum absolute atomic E-state index is 0.0652. The predicted molar refractivity (Wildman–Crippen MR) is 77.3 cm³/mol. The van der Waals surface area contributed by atoms with Gasteiger partial charge in [0.05, 0.1) is 13.0 Å². The number of nitrogen functional groups attached to an aromatic ring is 1. The van der Waals surface area contributed by atoms with Crippen LogP contribution in [0.5, 0.6) is 5.75 Å². The minimum Gasteiger partial charge on any atom is -0.492 e. The Balaban J connectivity index is 1.66. The Bertz CT molecular complexity index is 541. The molecule has 5 heteroatoms. The second kappa shape index (κ2) is 7.13. The van der Waals surface area contributed by atoms with Crippen molar-refractivity contribution in [3.05, 3.63) is 54.4 Å². The number of amides is 1. The fraction of sp³-hybridized carbons (Fsp3) is 0.200. The molecule has 0 spiro atoms. The van der Waals surface area contributed by atoms with E-state index >= 15 is 0 Å². The lowest BCUT2D eigenvalue weighted by atomic mass is 10.2. The second-order valence-electron chi connectivity index (χ2n) is 4.27. The number of carbonyl (C=O) groups is 1. The second-order valence-corrected chi connectivity index (χ2v) is 4.27. The first-order valence-corrected chi connectivity index (χ1v) is 6.39. The van der Waals surface area contributed by atoms with E-state index < -0.39 is 0 Å². The molecule has 0 saturated heterocycles. The summed E-state index contributed by atoms with van der Waals surface area (Å²) in [5.41, 5.74) is 7.03. The zero-order chi connectivity index (χ0) is 14.2. The number of anilines is 1. The van der Waals surface area contributed by atoms with Gasteiger partial charge in [0.25, 0.3) is 0 Å². The van der Waals surface area contributed by atoms with Crippen LogP contribution in [0.4, 0.5) is 5.69 Å². The molecule has 104 valence electrons. The number of hydrogen-bond acceptors (Lipinski definition) is 4. The summed E-state index contributed by atoms with van der Waals surface area (Å²) in [6.45, 7) is 0.869. The van der Waals surface area contributed by atoms with Crippen molar-refractivity contribution >= 4 is 11.6 Å². The van der Waals surface area contributed by atoms with Crippen LogP contribution in [0.2, 0.25) is 0 Å². The molecule has 2 rings (SSSR count). The van der Waals surface area contributed by atoms with Crippen molar-refractivity contribution in [1.82, 2.24) is 10.3 Å². The lowest BCUT2D eigenvalue weighted by Crippen LogP contribution is -2.29. The number of carbonyl (C=O) groups excluding carboxylic acids is 1. The molecular formula is C15H17N3O2. The van der Waals surface area contributed by atoms with Crippen LogP contribution in [0, 0.1) is 0 Å². The summed E-state index contributed by atoms with van der Waals surface area (Å²) in [4.78, 5) is 15.7. The standard InChI is InChI=1S/C15H17N3O2/c16-12-4-6-14(7-5-12)20-10-9-18-15(19)11-13-3-1-2-8-17-13/h1-8H,9-11,16H2,(H,18,19). The zero-order valence-electron chi connectivity index (χ0n) is 11.1. The number of rotatable bonds is 6. The first kappa shape index (κ1) is 13.9. The molecule has 0 aliphatic heterocycles. The van der Waals surface area contributed by atoms with Crippen molar-refractivity contribution in [1.29, 1.82) is 0 Å². The fourth-order valence-corrected chi connectivity index (χ4v) is 1.65. The molecule has 0 atom stereocenters. The van der Waals surface area contributed by atoms with E-state index in [4.69, 9.17) is 10.5 Å². The van der Waals surface area contributed by atoms with E-state index in [0.717, 1.165) is 11.4 Å². The van der Waals surface area contributed by atoms with Crippen LogP contribution in [-0.2, 0) is 11.2 Å². The summed E-state index contributed by atoms with van der Waals surface area (Å²) in [5, 5.41) is 2.78. The Kier molecular flexibility index (Phi) is 4.94. The summed E-state index contributed by atoms with van der Waals surface area (Å²) in [5.74, 6) is 0.669. The summed E-state index contributed by atoms with van der Waals surface area (Å²) in [6, 6.07) is 12.6. The number of aromatic nitrogens is 1. The van der Waals surface area contributed by atoms with Gasteiger partial charge in [-0.1, -0.05) is 6.07 Å². The van der Waals surface area contributed by atoms with Gasteiger partial charge in [-0.15, -0.1) is 0 Å². The highest BCUT2D eigenvalue weighted by atomic mass is 16.5. The minimum atomic E-state index is -0.0652. The lowest BCUT2D eigenvalue weighted by Gasteiger charge is -2.07. The smallest absolute Gasteiger partial charge is 0.226 e. The Morgan fingerprint density at radius 3 is 2.70 bits per heavy atom. The number of benzene rings is 1. The van der Waals surface area contributed by atoms with Crippen LogP contribution in [0.1, 0.15) is 5.69 Å². The molecule has 1 aromatic heterocycles. The van der Waals surface area contributed by atoms with Gasteiger partial charge in [0, 0.05) is 17.6 Å². The molecule has 1 aromatic carbocycles. The van der Waals surface area contributed by atoms with Crippen molar-refractivity contribution in [3.8, 4) is 5.75 Å². The average Bonchev–Trinajstić information content (AvgIpc) is 2.46. The van der Waals surface area contributed by atoms with Crippen molar-refractivity contribution in [3.63, 3.8) is 0 Å². The highest BCUT2D eigenvalue weighted by Crippen LogP contribution is 2.12. The average molecular weight is 271 g/mol. The van der Waals surface area contributed by atoms with Gasteiger partial charge >= 0.3 is 0 Å². The van der Waals surface area contributed by atoms with Crippen LogP contribution < -0.4 is 15.8 Å². The number of ether oxygens (including phenoxy) is 1. The van der Waals surface area contributed by atoms with Gasteiger partial charge in [0.1, 0.15) is 12.4 Å². The molecule has 20 heavy (non-hydrogen) atoms. The Labute approximate surface area is 117 Å². The normalized spacial score (nSPS) is 10.0. The van der Waals surface area contributed by atoms with Gasteiger partial charge in [0.2, 0.25) is 5.91 Å². The van der Waals surface area contributed by atoms with Gasteiger partial charge in [0.15, 0.2) is 0 Å². The lowest BCUT2D eigenvalue weighted by molar-refractivity contribution is -0.120. The van der Waals surface area contributed by atoms with Gasteiger partial charge in [-0.2, -0.15) is 0 Å². The Morgan fingerprint density at radius 1 is 1.20 bits per heavy atom. The third kappa shape index (κ3) is 4.61. The summed E-state index contributed by atoms with van der Waals surface area (Å²) >= 11 is 0. The number of nitrogens with one attached hydrogen (secondary N) is 1. The highest BCUT2D eigenvalue weighted by molar-refractivity contribution is 5.78. The fourth-order valence-electron chi connectivity index (χ4n) is 1.65. The van der Waals surface area contributed by atoms with Crippen molar-refractivity contribution < 1.29 is 9.53 Å². The molecule has 1 heterocycles. The molecule has 0 radical (unpaired) electrons. The molecule has 0 unspecified atom stereocenters. The third-order valence-electron chi connectivity index (χ3n) is 2.64. The van der Waals surface area contributed by atoms with Crippen molar-refractivity contribution in [2.45, 2.75) is 6.42 Å². The van der Waals surface area contributed by atoms with E-state index in [1.54, 1.807) is 30.5 Å². The van der Waals surface area contributed by atoms with Crippen LogP contribution in [-0.4, -0.2) is 24.0 Å². The van der Waals surface area contributed by atoms with Crippen LogP contribution in [0.25, 0.3) is 0 Å². The molecule has 0 fully saturated rings. The number of pyridine rings is 1. The van der Waals surface area contributed by atoms with Crippen molar-refractivity contribution in [2.24, 2.45) is 0 Å². The molecule has 5 nitrogen and oxygen atoms in total. The number of nitrogens with two attached hydrogens (primary N) is 1. The van der Waals surface area contributed by atoms with Crippen LogP contribution in [0.3, 0.4) is 0 Å². The van der Waals surface area contributed by atoms with Gasteiger partial charge in [-0.3, -0.25) is 9.78 Å². The topological polar surface area (TPSA) is 77.2 Å². The van der Waals surface area contributed by atoms with E-state index in [1.807, 2.05) is 18.2 Å². The first-order chi connectivity index (χ1) is 9.74. The Morgan fingerprint density at radius 2 is 2.00 bits per heavy atom. The van der Waals surface area contributed by atoms with Gasteiger partial charge in [-0.25, -0.2) is 0 Å². The molecule has 2 aromatic rings. The quantitative estimate of drug-likeness (QED) is 0.615.